The first-order valence-corrected chi connectivity index (χ1v) is 4.05. The molecular weight excluding hydrogens is 158 g/mol. The summed E-state index contributed by atoms with van der Waals surface area (Å²) in [7, 11) is 0. The summed E-state index contributed by atoms with van der Waals surface area (Å²) in [5, 5.41) is 23.2. The van der Waals surface area contributed by atoms with E-state index in [1.165, 1.54) is 0 Å². The minimum absolute atomic E-state index is 0.117. The van der Waals surface area contributed by atoms with Gasteiger partial charge in [0, 0.05) is 5.54 Å². The highest BCUT2D eigenvalue weighted by atomic mass is 16.4. The number of nitrogens with zero attached hydrogens (tertiary/aromatic N) is 1. The van der Waals surface area contributed by atoms with Crippen LogP contribution in [0, 0.1) is 0 Å². The van der Waals surface area contributed by atoms with Gasteiger partial charge in [0.1, 0.15) is 0 Å². The van der Waals surface area contributed by atoms with Crippen LogP contribution in [0.1, 0.15) is 19.3 Å². The molecule has 0 radical (unpaired) electrons. The number of oxime groups is 1. The van der Waals surface area contributed by atoms with Crippen LogP contribution >= 0.6 is 0 Å². The lowest BCUT2D eigenvalue weighted by molar-refractivity contribution is 0.0934. The van der Waals surface area contributed by atoms with Gasteiger partial charge >= 0.3 is 0 Å². The molecule has 0 amide bonds. The van der Waals surface area contributed by atoms with E-state index in [-0.39, 0.29) is 18.0 Å². The molecule has 0 spiro atoms. The molecule has 1 aliphatic carbocycles. The normalized spacial score (nSPS) is 21.9. The number of hydrogen-bond donors (Lipinski definition) is 4. The van der Waals surface area contributed by atoms with Gasteiger partial charge in [0.25, 0.3) is 0 Å². The number of aliphatic hydroxyl groups is 1. The zero-order chi connectivity index (χ0) is 9.03. The number of amidine groups is 1. The van der Waals surface area contributed by atoms with Gasteiger partial charge in [-0.05, 0) is 19.3 Å². The van der Waals surface area contributed by atoms with E-state index in [9.17, 15) is 0 Å². The Balaban J connectivity index is 2.29. The van der Waals surface area contributed by atoms with E-state index < -0.39 is 0 Å². The largest absolute Gasteiger partial charge is 0.409 e. The van der Waals surface area contributed by atoms with Crippen LogP contribution < -0.4 is 11.1 Å². The predicted octanol–water partition coefficient (Wildman–Crippen LogP) is -0.763. The van der Waals surface area contributed by atoms with Crippen molar-refractivity contribution >= 4 is 5.84 Å². The van der Waals surface area contributed by atoms with Crippen molar-refractivity contribution in [1.29, 1.82) is 0 Å². The highest BCUT2D eigenvalue weighted by Gasteiger charge is 2.35. The maximum absolute atomic E-state index is 9.02. The van der Waals surface area contributed by atoms with Gasteiger partial charge in [-0.15, -0.1) is 0 Å². The van der Waals surface area contributed by atoms with Gasteiger partial charge in [-0.1, -0.05) is 5.16 Å². The summed E-state index contributed by atoms with van der Waals surface area (Å²) >= 11 is 0. The van der Waals surface area contributed by atoms with Crippen LogP contribution in [-0.4, -0.2) is 34.8 Å². The zero-order valence-electron chi connectivity index (χ0n) is 6.95. The van der Waals surface area contributed by atoms with Crippen LogP contribution in [0.25, 0.3) is 0 Å². The summed E-state index contributed by atoms with van der Waals surface area (Å²) in [4.78, 5) is 0. The molecule has 0 aromatic heterocycles. The van der Waals surface area contributed by atoms with Gasteiger partial charge in [0.15, 0.2) is 5.84 Å². The predicted molar refractivity (Wildman–Crippen MR) is 45.1 cm³/mol. The van der Waals surface area contributed by atoms with Gasteiger partial charge in [0.2, 0.25) is 0 Å². The second-order valence-corrected chi connectivity index (χ2v) is 3.24. The van der Waals surface area contributed by atoms with E-state index in [0.29, 0.717) is 6.54 Å². The lowest BCUT2D eigenvalue weighted by Crippen LogP contribution is -2.55. The van der Waals surface area contributed by atoms with Crippen molar-refractivity contribution in [3.05, 3.63) is 0 Å². The Morgan fingerprint density at radius 2 is 2.25 bits per heavy atom. The smallest absolute Gasteiger partial charge is 0.153 e. The molecule has 0 bridgehead atoms. The van der Waals surface area contributed by atoms with Crippen molar-refractivity contribution in [2.75, 3.05) is 13.2 Å². The van der Waals surface area contributed by atoms with Gasteiger partial charge in [0.05, 0.1) is 13.2 Å². The number of hydrogen-bond acceptors (Lipinski definition) is 4. The second-order valence-electron chi connectivity index (χ2n) is 3.24. The molecule has 5 heteroatoms. The van der Waals surface area contributed by atoms with Gasteiger partial charge in [-0.2, -0.15) is 0 Å². The standard InChI is InChI=1S/C7H15N3O2/c8-6(10-12)4-9-7(5-11)2-1-3-7/h9,11-12H,1-5H2,(H2,8,10). The molecule has 70 valence electrons. The fourth-order valence-corrected chi connectivity index (χ4v) is 1.31. The van der Waals surface area contributed by atoms with E-state index in [1.807, 2.05) is 0 Å². The first-order valence-electron chi connectivity index (χ1n) is 4.05. The minimum atomic E-state index is -0.171. The molecule has 5 N–H and O–H groups in total. The molecule has 0 aromatic carbocycles. The quantitative estimate of drug-likeness (QED) is 0.194. The summed E-state index contributed by atoms with van der Waals surface area (Å²) in [6, 6.07) is 0. The lowest BCUT2D eigenvalue weighted by atomic mass is 9.77. The van der Waals surface area contributed by atoms with Crippen molar-refractivity contribution in [1.82, 2.24) is 5.32 Å². The Morgan fingerprint density at radius 1 is 1.58 bits per heavy atom. The van der Waals surface area contributed by atoms with Crippen molar-refractivity contribution < 1.29 is 10.3 Å². The van der Waals surface area contributed by atoms with Crippen LogP contribution in [-0.2, 0) is 0 Å². The topological polar surface area (TPSA) is 90.9 Å². The third-order valence-electron chi connectivity index (χ3n) is 2.39. The molecule has 0 aliphatic heterocycles. The molecule has 1 saturated carbocycles. The fourth-order valence-electron chi connectivity index (χ4n) is 1.31. The summed E-state index contributed by atoms with van der Waals surface area (Å²) in [5.41, 5.74) is 5.10. The molecule has 1 aliphatic rings. The van der Waals surface area contributed by atoms with E-state index in [0.717, 1.165) is 19.3 Å². The number of aliphatic hydroxyl groups excluding tert-OH is 1. The first-order chi connectivity index (χ1) is 5.72. The molecule has 0 aromatic rings. The maximum atomic E-state index is 9.02. The molecule has 1 fully saturated rings. The number of rotatable bonds is 4. The van der Waals surface area contributed by atoms with E-state index in [1.54, 1.807) is 0 Å². The Morgan fingerprint density at radius 3 is 2.58 bits per heavy atom. The van der Waals surface area contributed by atoms with Crippen LogP contribution in [0.15, 0.2) is 5.16 Å². The van der Waals surface area contributed by atoms with E-state index >= 15 is 0 Å². The second kappa shape index (κ2) is 3.73. The lowest BCUT2D eigenvalue weighted by Gasteiger charge is -2.41. The highest BCUT2D eigenvalue weighted by molar-refractivity contribution is 5.81. The summed E-state index contributed by atoms with van der Waals surface area (Å²) < 4.78 is 0. The van der Waals surface area contributed by atoms with Crippen molar-refractivity contribution in [2.24, 2.45) is 10.9 Å². The first kappa shape index (κ1) is 9.28. The molecule has 5 nitrogen and oxygen atoms in total. The maximum Gasteiger partial charge on any atom is 0.153 e. The molecular formula is C7H15N3O2. The van der Waals surface area contributed by atoms with Gasteiger partial charge in [-0.25, -0.2) is 0 Å². The van der Waals surface area contributed by atoms with Crippen LogP contribution in [0.4, 0.5) is 0 Å². The van der Waals surface area contributed by atoms with Crippen LogP contribution in [0.3, 0.4) is 0 Å². The Kier molecular flexibility index (Phi) is 2.88. The van der Waals surface area contributed by atoms with Gasteiger partial charge < -0.3 is 21.4 Å². The monoisotopic (exact) mass is 173 g/mol. The van der Waals surface area contributed by atoms with E-state index in [2.05, 4.69) is 10.5 Å². The molecule has 0 saturated heterocycles. The van der Waals surface area contributed by atoms with E-state index in [4.69, 9.17) is 16.0 Å². The molecule has 0 heterocycles. The van der Waals surface area contributed by atoms with Crippen LogP contribution in [0.2, 0.25) is 0 Å². The third-order valence-corrected chi connectivity index (χ3v) is 2.39. The fraction of sp³-hybridized carbons (Fsp3) is 0.857. The third kappa shape index (κ3) is 1.86. The summed E-state index contributed by atoms with van der Waals surface area (Å²) in [6.45, 7) is 0.447. The average molecular weight is 173 g/mol. The Labute approximate surface area is 71.3 Å². The summed E-state index contributed by atoms with van der Waals surface area (Å²) in [5.74, 6) is 0.148. The minimum Gasteiger partial charge on any atom is -0.409 e. The molecule has 0 atom stereocenters. The molecule has 1 rings (SSSR count). The number of nitrogens with two attached hydrogens (primary N) is 1. The molecule has 12 heavy (non-hydrogen) atoms. The SMILES string of the molecule is NC(CNC1(CO)CCC1)=NO. The summed E-state index contributed by atoms with van der Waals surface area (Å²) in [6.07, 6.45) is 3.05. The zero-order valence-corrected chi connectivity index (χ0v) is 6.95. The van der Waals surface area contributed by atoms with Crippen molar-refractivity contribution in [2.45, 2.75) is 24.8 Å². The van der Waals surface area contributed by atoms with Crippen LogP contribution in [0.5, 0.6) is 0 Å². The molecule has 0 unspecified atom stereocenters. The average Bonchev–Trinajstić information content (AvgIpc) is 2.03. The Bertz CT molecular complexity index is 172. The van der Waals surface area contributed by atoms with Crippen molar-refractivity contribution in [3.63, 3.8) is 0 Å². The Hall–Kier alpha value is -0.810. The highest BCUT2D eigenvalue weighted by Crippen LogP contribution is 2.30. The number of nitrogens with one attached hydrogen (secondary N) is 1. The van der Waals surface area contributed by atoms with Gasteiger partial charge in [-0.3, -0.25) is 0 Å². The van der Waals surface area contributed by atoms with Crippen molar-refractivity contribution in [3.8, 4) is 0 Å².